The Morgan fingerprint density at radius 1 is 1.38 bits per heavy atom. The molecule has 1 aromatic carbocycles. The Hall–Kier alpha value is -0.440. The lowest BCUT2D eigenvalue weighted by Gasteiger charge is -2.05. The van der Waals surface area contributed by atoms with Gasteiger partial charge in [-0.3, -0.25) is 0 Å². The molecular formula is C9H10Cl2N2. The second-order valence-electron chi connectivity index (χ2n) is 3.14. The molecule has 70 valence electrons. The van der Waals surface area contributed by atoms with Crippen LogP contribution in [-0.2, 0) is 0 Å². The van der Waals surface area contributed by atoms with Gasteiger partial charge < -0.3 is 10.6 Å². The van der Waals surface area contributed by atoms with Crippen LogP contribution in [0.2, 0.25) is 10.0 Å². The van der Waals surface area contributed by atoms with Crippen molar-refractivity contribution >= 4 is 28.9 Å². The van der Waals surface area contributed by atoms with Gasteiger partial charge in [0.05, 0.1) is 16.1 Å². The highest BCUT2D eigenvalue weighted by Gasteiger charge is 2.32. The Kier molecular flexibility index (Phi) is 2.37. The molecule has 0 radical (unpaired) electrons. The fourth-order valence-corrected chi connectivity index (χ4v) is 1.65. The number of nitrogens with zero attached hydrogens (tertiary/aromatic N) is 1. The number of nitrogens with two attached hydrogens (primary N) is 1. The summed E-state index contributed by atoms with van der Waals surface area (Å²) in [5.74, 6) is 0. The fraction of sp³-hybridized carbons (Fsp3) is 0.333. The molecule has 1 atom stereocenters. The smallest absolute Gasteiger partial charge is 0.0612 e. The van der Waals surface area contributed by atoms with Crippen molar-refractivity contribution in [1.82, 2.24) is 0 Å². The molecule has 1 heterocycles. The van der Waals surface area contributed by atoms with Crippen LogP contribution in [0.5, 0.6) is 0 Å². The van der Waals surface area contributed by atoms with Crippen molar-refractivity contribution < 1.29 is 0 Å². The van der Waals surface area contributed by atoms with Gasteiger partial charge in [0.1, 0.15) is 0 Å². The van der Waals surface area contributed by atoms with Gasteiger partial charge in [-0.05, 0) is 18.2 Å². The van der Waals surface area contributed by atoms with E-state index in [0.717, 1.165) is 12.2 Å². The Morgan fingerprint density at radius 3 is 2.69 bits per heavy atom. The summed E-state index contributed by atoms with van der Waals surface area (Å²) in [5, 5.41) is 1.19. The predicted molar refractivity (Wildman–Crippen MR) is 56.7 cm³/mol. The molecule has 2 N–H and O–H groups in total. The first-order chi connectivity index (χ1) is 6.22. The molecule has 1 aliphatic rings. The predicted octanol–water partition coefficient (Wildman–Crippen LogP) is 2.14. The maximum atomic E-state index is 5.89. The van der Waals surface area contributed by atoms with Gasteiger partial charge in [-0.2, -0.15) is 0 Å². The molecule has 0 spiro atoms. The largest absolute Gasteiger partial charge is 0.363 e. The van der Waals surface area contributed by atoms with Crippen LogP contribution in [0, 0.1) is 0 Å². The maximum Gasteiger partial charge on any atom is 0.0612 e. The van der Waals surface area contributed by atoms with E-state index < -0.39 is 0 Å². The third kappa shape index (κ3) is 1.75. The van der Waals surface area contributed by atoms with Crippen LogP contribution in [0.15, 0.2) is 18.2 Å². The first-order valence-corrected chi connectivity index (χ1v) is 4.89. The topological polar surface area (TPSA) is 29.0 Å². The minimum absolute atomic E-state index is 0.484. The highest BCUT2D eigenvalue weighted by molar-refractivity contribution is 6.42. The van der Waals surface area contributed by atoms with Crippen LogP contribution in [0.4, 0.5) is 5.69 Å². The summed E-state index contributed by atoms with van der Waals surface area (Å²) < 4.78 is 0. The number of hydrogen-bond donors (Lipinski definition) is 1. The zero-order chi connectivity index (χ0) is 9.42. The number of benzene rings is 1. The molecular weight excluding hydrogens is 207 g/mol. The average Bonchev–Trinajstić information content (AvgIpc) is 2.88. The summed E-state index contributed by atoms with van der Waals surface area (Å²) in [6.07, 6.45) is 0. The zero-order valence-corrected chi connectivity index (χ0v) is 8.52. The van der Waals surface area contributed by atoms with Gasteiger partial charge in [-0.15, -0.1) is 0 Å². The third-order valence-electron chi connectivity index (χ3n) is 2.22. The lowest BCUT2D eigenvalue weighted by Crippen LogP contribution is -2.11. The minimum atomic E-state index is 0.484. The fourth-order valence-electron chi connectivity index (χ4n) is 1.36. The lowest BCUT2D eigenvalue weighted by molar-refractivity contribution is 0.967. The molecule has 1 fully saturated rings. The number of halogens is 2. The van der Waals surface area contributed by atoms with Crippen molar-refractivity contribution in [1.29, 1.82) is 0 Å². The Labute approximate surface area is 87.2 Å². The summed E-state index contributed by atoms with van der Waals surface area (Å²) in [6.45, 7) is 1.72. The Bertz CT molecular complexity index is 327. The molecule has 1 saturated heterocycles. The summed E-state index contributed by atoms with van der Waals surface area (Å²) in [6, 6.07) is 6.13. The molecule has 2 rings (SSSR count). The van der Waals surface area contributed by atoms with E-state index in [4.69, 9.17) is 28.9 Å². The molecule has 1 aliphatic heterocycles. The van der Waals surface area contributed by atoms with Crippen LogP contribution >= 0.6 is 23.2 Å². The maximum absolute atomic E-state index is 5.89. The summed E-state index contributed by atoms with van der Waals surface area (Å²) in [4.78, 5) is 2.20. The van der Waals surface area contributed by atoms with Gasteiger partial charge in [-0.25, -0.2) is 0 Å². The average molecular weight is 217 g/mol. The second kappa shape index (κ2) is 3.37. The molecule has 0 saturated carbocycles. The zero-order valence-electron chi connectivity index (χ0n) is 7.00. The van der Waals surface area contributed by atoms with Crippen molar-refractivity contribution in [2.45, 2.75) is 6.04 Å². The molecule has 4 heteroatoms. The van der Waals surface area contributed by atoms with Gasteiger partial charge >= 0.3 is 0 Å². The number of rotatable bonds is 2. The molecule has 0 bridgehead atoms. The van der Waals surface area contributed by atoms with E-state index in [9.17, 15) is 0 Å². The Morgan fingerprint density at radius 2 is 2.15 bits per heavy atom. The minimum Gasteiger partial charge on any atom is -0.363 e. The molecule has 0 aliphatic carbocycles. The van der Waals surface area contributed by atoms with E-state index in [1.807, 2.05) is 18.2 Å². The standard InChI is InChI=1S/C9H10Cl2N2/c10-8-2-1-6(3-9(8)11)13-5-7(13)4-12/h1-3,7H,4-5,12H2. The van der Waals surface area contributed by atoms with Gasteiger partial charge in [0, 0.05) is 18.8 Å². The van der Waals surface area contributed by atoms with Gasteiger partial charge in [0.2, 0.25) is 0 Å². The lowest BCUT2D eigenvalue weighted by atomic mass is 10.3. The Balaban J connectivity index is 2.19. The monoisotopic (exact) mass is 216 g/mol. The quantitative estimate of drug-likeness (QED) is 0.769. The van der Waals surface area contributed by atoms with E-state index in [0.29, 0.717) is 22.6 Å². The van der Waals surface area contributed by atoms with Crippen molar-refractivity contribution in [3.8, 4) is 0 Å². The van der Waals surface area contributed by atoms with Gasteiger partial charge in [0.25, 0.3) is 0 Å². The second-order valence-corrected chi connectivity index (χ2v) is 3.95. The van der Waals surface area contributed by atoms with Crippen LogP contribution in [0.3, 0.4) is 0 Å². The first kappa shape index (κ1) is 9.13. The summed E-state index contributed by atoms with van der Waals surface area (Å²) in [7, 11) is 0. The van der Waals surface area contributed by atoms with Crippen molar-refractivity contribution in [3.05, 3.63) is 28.2 Å². The number of hydrogen-bond acceptors (Lipinski definition) is 2. The number of anilines is 1. The van der Waals surface area contributed by atoms with Crippen LogP contribution in [0.1, 0.15) is 0 Å². The van der Waals surface area contributed by atoms with Crippen molar-refractivity contribution in [3.63, 3.8) is 0 Å². The highest BCUT2D eigenvalue weighted by Crippen LogP contribution is 2.32. The normalized spacial score (nSPS) is 20.5. The van der Waals surface area contributed by atoms with Crippen LogP contribution in [-0.4, -0.2) is 19.1 Å². The van der Waals surface area contributed by atoms with Gasteiger partial charge in [0.15, 0.2) is 0 Å². The van der Waals surface area contributed by atoms with Crippen LogP contribution in [0.25, 0.3) is 0 Å². The van der Waals surface area contributed by atoms with E-state index >= 15 is 0 Å². The molecule has 13 heavy (non-hydrogen) atoms. The van der Waals surface area contributed by atoms with Gasteiger partial charge in [-0.1, -0.05) is 23.2 Å². The molecule has 1 aromatic rings. The molecule has 0 aromatic heterocycles. The third-order valence-corrected chi connectivity index (χ3v) is 2.96. The van der Waals surface area contributed by atoms with Crippen molar-refractivity contribution in [2.24, 2.45) is 5.73 Å². The van der Waals surface area contributed by atoms with Crippen LogP contribution < -0.4 is 10.6 Å². The molecule has 0 amide bonds. The summed E-state index contributed by atoms with van der Waals surface area (Å²) in [5.41, 5.74) is 6.63. The van der Waals surface area contributed by atoms with Crippen molar-refractivity contribution in [2.75, 3.05) is 18.0 Å². The molecule has 2 nitrogen and oxygen atoms in total. The van der Waals surface area contributed by atoms with E-state index in [1.54, 1.807) is 0 Å². The van der Waals surface area contributed by atoms with E-state index in [-0.39, 0.29) is 0 Å². The first-order valence-electron chi connectivity index (χ1n) is 4.14. The summed E-state index contributed by atoms with van der Waals surface area (Å²) >= 11 is 11.7. The van der Waals surface area contributed by atoms with E-state index in [2.05, 4.69) is 4.90 Å². The molecule has 1 unspecified atom stereocenters. The van der Waals surface area contributed by atoms with E-state index in [1.165, 1.54) is 0 Å². The highest BCUT2D eigenvalue weighted by atomic mass is 35.5. The SMILES string of the molecule is NCC1CN1c1ccc(Cl)c(Cl)c1.